The lowest BCUT2D eigenvalue weighted by Crippen LogP contribution is -2.49. The maximum Gasteiger partial charge on any atom is 0.356 e. The molecule has 0 saturated carbocycles. The second-order valence-electron chi connectivity index (χ2n) is 5.20. The lowest BCUT2D eigenvalue weighted by molar-refractivity contribution is 0.0687. The SMILES string of the molecule is O=C(O)c1ccc(N2CCN(C(=O)c3cccnc3Cl)CC2)nn1. The van der Waals surface area contributed by atoms with Crippen molar-refractivity contribution in [2.45, 2.75) is 0 Å². The molecule has 3 heterocycles. The van der Waals surface area contributed by atoms with E-state index in [2.05, 4.69) is 15.2 Å². The summed E-state index contributed by atoms with van der Waals surface area (Å²) in [5.74, 6) is -0.676. The third-order valence-corrected chi connectivity index (χ3v) is 4.05. The van der Waals surface area contributed by atoms with Crippen LogP contribution >= 0.6 is 11.6 Å². The third-order valence-electron chi connectivity index (χ3n) is 3.75. The van der Waals surface area contributed by atoms with E-state index in [4.69, 9.17) is 16.7 Å². The number of aromatic carboxylic acids is 1. The molecule has 1 aliphatic heterocycles. The van der Waals surface area contributed by atoms with Crippen molar-refractivity contribution in [3.05, 3.63) is 46.9 Å². The van der Waals surface area contributed by atoms with Crippen LogP contribution in [-0.2, 0) is 0 Å². The van der Waals surface area contributed by atoms with E-state index >= 15 is 0 Å². The van der Waals surface area contributed by atoms with Gasteiger partial charge in [0, 0.05) is 32.4 Å². The summed E-state index contributed by atoms with van der Waals surface area (Å²) in [6.45, 7) is 2.16. The molecule has 0 atom stereocenters. The smallest absolute Gasteiger partial charge is 0.356 e. The first-order valence-electron chi connectivity index (χ1n) is 7.28. The minimum absolute atomic E-state index is 0.0983. The van der Waals surface area contributed by atoms with Gasteiger partial charge in [-0.25, -0.2) is 9.78 Å². The number of rotatable bonds is 3. The number of nitrogens with zero attached hydrogens (tertiary/aromatic N) is 5. The number of aromatic nitrogens is 3. The van der Waals surface area contributed by atoms with Gasteiger partial charge in [0.15, 0.2) is 11.5 Å². The molecular formula is C15H14ClN5O3. The fraction of sp³-hybridized carbons (Fsp3) is 0.267. The van der Waals surface area contributed by atoms with Crippen LogP contribution in [0.1, 0.15) is 20.8 Å². The number of carbonyl (C=O) groups excluding carboxylic acids is 1. The topological polar surface area (TPSA) is 99.5 Å². The second-order valence-corrected chi connectivity index (χ2v) is 5.56. The molecule has 0 spiro atoms. The standard InChI is InChI=1S/C15H14ClN5O3/c16-13-10(2-1-5-17-13)14(22)21-8-6-20(7-9-21)12-4-3-11(15(23)24)18-19-12/h1-5H,6-9H2,(H,23,24). The Labute approximate surface area is 142 Å². The Morgan fingerprint density at radius 2 is 1.83 bits per heavy atom. The largest absolute Gasteiger partial charge is 0.476 e. The van der Waals surface area contributed by atoms with Crippen molar-refractivity contribution >= 4 is 29.3 Å². The van der Waals surface area contributed by atoms with Crippen LogP contribution in [0.5, 0.6) is 0 Å². The first-order chi connectivity index (χ1) is 11.6. The first-order valence-corrected chi connectivity index (χ1v) is 7.66. The van der Waals surface area contributed by atoms with Crippen molar-refractivity contribution < 1.29 is 14.7 Å². The molecule has 1 fully saturated rings. The molecule has 0 aliphatic carbocycles. The molecule has 0 aromatic carbocycles. The van der Waals surface area contributed by atoms with E-state index in [1.165, 1.54) is 12.3 Å². The first kappa shape index (κ1) is 16.1. The molecule has 9 heteroatoms. The molecule has 1 amide bonds. The predicted molar refractivity (Wildman–Crippen MR) is 86.4 cm³/mol. The Balaban J connectivity index is 1.64. The molecule has 2 aromatic heterocycles. The van der Waals surface area contributed by atoms with Crippen molar-refractivity contribution in [3.63, 3.8) is 0 Å². The molecule has 124 valence electrons. The Kier molecular flexibility index (Phi) is 4.57. The average Bonchev–Trinajstić information content (AvgIpc) is 2.62. The molecule has 8 nitrogen and oxygen atoms in total. The van der Waals surface area contributed by atoms with Gasteiger partial charge in [-0.3, -0.25) is 4.79 Å². The van der Waals surface area contributed by atoms with Gasteiger partial charge in [-0.15, -0.1) is 10.2 Å². The van der Waals surface area contributed by atoms with Crippen LogP contribution in [-0.4, -0.2) is 63.2 Å². The molecule has 24 heavy (non-hydrogen) atoms. The minimum Gasteiger partial charge on any atom is -0.476 e. The highest BCUT2D eigenvalue weighted by Crippen LogP contribution is 2.17. The molecular weight excluding hydrogens is 334 g/mol. The number of halogens is 1. The third kappa shape index (κ3) is 3.28. The number of pyridine rings is 1. The van der Waals surface area contributed by atoms with Crippen molar-refractivity contribution in [2.24, 2.45) is 0 Å². The van der Waals surface area contributed by atoms with Crippen LogP contribution in [0.3, 0.4) is 0 Å². The van der Waals surface area contributed by atoms with Gasteiger partial charge in [-0.2, -0.15) is 0 Å². The maximum absolute atomic E-state index is 12.5. The quantitative estimate of drug-likeness (QED) is 0.832. The zero-order valence-electron chi connectivity index (χ0n) is 12.6. The van der Waals surface area contributed by atoms with Crippen molar-refractivity contribution in [2.75, 3.05) is 31.1 Å². The number of carboxylic acid groups (broad SMARTS) is 1. The number of piperazine rings is 1. The Morgan fingerprint density at radius 3 is 2.42 bits per heavy atom. The van der Waals surface area contributed by atoms with Crippen LogP contribution < -0.4 is 4.90 Å². The number of carbonyl (C=O) groups is 2. The van der Waals surface area contributed by atoms with Crippen LogP contribution in [0.2, 0.25) is 5.15 Å². The predicted octanol–water partition coefficient (Wildman–Crippen LogP) is 1.19. The number of hydrogen-bond acceptors (Lipinski definition) is 6. The number of hydrogen-bond donors (Lipinski definition) is 1. The molecule has 0 radical (unpaired) electrons. The monoisotopic (exact) mass is 347 g/mol. The minimum atomic E-state index is -1.11. The summed E-state index contributed by atoms with van der Waals surface area (Å²) < 4.78 is 0. The van der Waals surface area contributed by atoms with E-state index in [-0.39, 0.29) is 16.8 Å². The number of amides is 1. The molecule has 3 rings (SSSR count). The van der Waals surface area contributed by atoms with Crippen LogP contribution in [0.4, 0.5) is 5.82 Å². The Bertz CT molecular complexity index is 760. The van der Waals surface area contributed by atoms with Gasteiger partial charge in [0.05, 0.1) is 5.56 Å². The van der Waals surface area contributed by atoms with E-state index in [1.807, 2.05) is 4.90 Å². The number of anilines is 1. The van der Waals surface area contributed by atoms with Gasteiger partial charge in [-0.05, 0) is 24.3 Å². The summed E-state index contributed by atoms with van der Waals surface area (Å²) in [6.07, 6.45) is 1.54. The lowest BCUT2D eigenvalue weighted by Gasteiger charge is -2.35. The molecule has 1 aliphatic rings. The van der Waals surface area contributed by atoms with Crippen LogP contribution in [0, 0.1) is 0 Å². The molecule has 1 N–H and O–H groups in total. The van der Waals surface area contributed by atoms with Crippen molar-refractivity contribution in [1.82, 2.24) is 20.1 Å². The molecule has 0 unspecified atom stereocenters. The van der Waals surface area contributed by atoms with E-state index in [0.29, 0.717) is 37.6 Å². The van der Waals surface area contributed by atoms with E-state index < -0.39 is 5.97 Å². The van der Waals surface area contributed by atoms with Gasteiger partial charge >= 0.3 is 5.97 Å². The highest BCUT2D eigenvalue weighted by molar-refractivity contribution is 6.32. The summed E-state index contributed by atoms with van der Waals surface area (Å²) in [7, 11) is 0. The van der Waals surface area contributed by atoms with Crippen molar-refractivity contribution in [3.8, 4) is 0 Å². The molecule has 2 aromatic rings. The summed E-state index contributed by atoms with van der Waals surface area (Å²) in [6, 6.07) is 6.36. The van der Waals surface area contributed by atoms with E-state index in [9.17, 15) is 9.59 Å². The normalized spacial score (nSPS) is 14.5. The van der Waals surface area contributed by atoms with Crippen LogP contribution in [0.25, 0.3) is 0 Å². The maximum atomic E-state index is 12.5. The van der Waals surface area contributed by atoms with Gasteiger partial charge in [0.25, 0.3) is 5.91 Å². The summed E-state index contributed by atoms with van der Waals surface area (Å²) in [4.78, 5) is 30.8. The van der Waals surface area contributed by atoms with E-state index in [1.54, 1.807) is 23.1 Å². The zero-order chi connectivity index (χ0) is 17.1. The summed E-state index contributed by atoms with van der Waals surface area (Å²) >= 11 is 5.97. The zero-order valence-corrected chi connectivity index (χ0v) is 13.3. The highest BCUT2D eigenvalue weighted by atomic mass is 35.5. The summed E-state index contributed by atoms with van der Waals surface area (Å²) in [5, 5.41) is 16.6. The Hall–Kier alpha value is -2.74. The van der Waals surface area contributed by atoms with Gasteiger partial charge < -0.3 is 14.9 Å². The van der Waals surface area contributed by atoms with E-state index in [0.717, 1.165) is 0 Å². The molecule has 0 bridgehead atoms. The van der Waals surface area contributed by atoms with Gasteiger partial charge in [0.2, 0.25) is 0 Å². The Morgan fingerprint density at radius 1 is 1.08 bits per heavy atom. The fourth-order valence-corrected chi connectivity index (χ4v) is 2.66. The average molecular weight is 348 g/mol. The summed E-state index contributed by atoms with van der Waals surface area (Å²) in [5.41, 5.74) is 0.289. The molecule has 1 saturated heterocycles. The number of carboxylic acids is 1. The second kappa shape index (κ2) is 6.79. The van der Waals surface area contributed by atoms with Crippen LogP contribution in [0.15, 0.2) is 30.5 Å². The highest BCUT2D eigenvalue weighted by Gasteiger charge is 2.24. The van der Waals surface area contributed by atoms with Gasteiger partial charge in [-0.1, -0.05) is 11.6 Å². The lowest BCUT2D eigenvalue weighted by atomic mass is 10.2. The van der Waals surface area contributed by atoms with Crippen molar-refractivity contribution in [1.29, 1.82) is 0 Å². The fourth-order valence-electron chi connectivity index (χ4n) is 2.46. The van der Waals surface area contributed by atoms with Gasteiger partial charge in [0.1, 0.15) is 5.15 Å².